The van der Waals surface area contributed by atoms with Crippen molar-refractivity contribution in [3.8, 4) is 17.9 Å². The summed E-state index contributed by atoms with van der Waals surface area (Å²) in [6.07, 6.45) is 0.549. The van der Waals surface area contributed by atoms with Crippen LogP contribution in [0.25, 0.3) is 0 Å². The summed E-state index contributed by atoms with van der Waals surface area (Å²) in [4.78, 5) is 2.12. The summed E-state index contributed by atoms with van der Waals surface area (Å²) in [5.74, 6) is 5.94. The lowest BCUT2D eigenvalue weighted by Gasteiger charge is -2.15. The molecule has 88 valence electrons. The van der Waals surface area contributed by atoms with Gasteiger partial charge in [0.1, 0.15) is 0 Å². The van der Waals surface area contributed by atoms with Crippen LogP contribution in [0.3, 0.4) is 0 Å². The van der Waals surface area contributed by atoms with Crippen molar-refractivity contribution < 1.29 is 0 Å². The molecular weight excluding hydrogens is 210 g/mol. The molecule has 0 spiro atoms. The molecule has 0 aliphatic heterocycles. The van der Waals surface area contributed by atoms with Crippen molar-refractivity contribution in [1.82, 2.24) is 4.90 Å². The smallest absolute Gasteiger partial charge is 0.0635 e. The van der Waals surface area contributed by atoms with Crippen LogP contribution in [-0.2, 0) is 6.54 Å². The second-order valence-corrected chi connectivity index (χ2v) is 3.81. The average Bonchev–Trinajstić information content (AvgIpc) is 2.35. The molecule has 0 atom stereocenters. The predicted octanol–water partition coefficient (Wildman–Crippen LogP) is 1.34. The van der Waals surface area contributed by atoms with Gasteiger partial charge in [0.2, 0.25) is 0 Å². The first kappa shape index (κ1) is 13.3. The third-order valence-electron chi connectivity index (χ3n) is 2.39. The Kier molecular flexibility index (Phi) is 5.82. The highest BCUT2D eigenvalue weighted by atomic mass is 15.1. The molecule has 17 heavy (non-hydrogen) atoms. The van der Waals surface area contributed by atoms with Crippen LogP contribution in [0.15, 0.2) is 24.3 Å². The van der Waals surface area contributed by atoms with Crippen molar-refractivity contribution in [2.45, 2.75) is 13.0 Å². The monoisotopic (exact) mass is 227 g/mol. The van der Waals surface area contributed by atoms with Gasteiger partial charge in [-0.25, -0.2) is 0 Å². The van der Waals surface area contributed by atoms with Crippen molar-refractivity contribution >= 4 is 0 Å². The summed E-state index contributed by atoms with van der Waals surface area (Å²) >= 11 is 0. The van der Waals surface area contributed by atoms with E-state index in [1.54, 1.807) is 0 Å². The van der Waals surface area contributed by atoms with E-state index in [0.29, 0.717) is 13.0 Å². The predicted molar refractivity (Wildman–Crippen MR) is 68.9 cm³/mol. The standard InChI is InChI=1S/C14H17N3/c1-17(11-5-10-16)12-14-7-3-2-6-13(14)8-4-9-15/h2-3,6-7H,5,9,11-12,15H2,1H3. The van der Waals surface area contributed by atoms with Gasteiger partial charge >= 0.3 is 0 Å². The van der Waals surface area contributed by atoms with E-state index in [2.05, 4.69) is 28.9 Å². The average molecular weight is 227 g/mol. The highest BCUT2D eigenvalue weighted by Gasteiger charge is 2.03. The summed E-state index contributed by atoms with van der Waals surface area (Å²) in [7, 11) is 2.00. The van der Waals surface area contributed by atoms with Crippen molar-refractivity contribution in [3.63, 3.8) is 0 Å². The zero-order valence-corrected chi connectivity index (χ0v) is 10.1. The Morgan fingerprint density at radius 1 is 1.35 bits per heavy atom. The number of nitrogens with zero attached hydrogens (tertiary/aromatic N) is 2. The zero-order valence-electron chi connectivity index (χ0n) is 10.1. The van der Waals surface area contributed by atoms with Crippen LogP contribution in [0.4, 0.5) is 0 Å². The first-order chi connectivity index (χ1) is 8.27. The first-order valence-corrected chi connectivity index (χ1v) is 5.60. The third-order valence-corrected chi connectivity index (χ3v) is 2.39. The van der Waals surface area contributed by atoms with Crippen LogP contribution in [0.5, 0.6) is 0 Å². The van der Waals surface area contributed by atoms with Gasteiger partial charge in [0, 0.05) is 25.1 Å². The first-order valence-electron chi connectivity index (χ1n) is 5.60. The molecule has 0 unspecified atom stereocenters. The minimum atomic E-state index is 0.374. The van der Waals surface area contributed by atoms with Gasteiger partial charge in [-0.2, -0.15) is 5.26 Å². The Labute approximate surface area is 103 Å². The van der Waals surface area contributed by atoms with Crippen LogP contribution in [-0.4, -0.2) is 25.0 Å². The number of nitriles is 1. The maximum absolute atomic E-state index is 8.54. The molecule has 0 aliphatic carbocycles. The van der Waals surface area contributed by atoms with Gasteiger partial charge < -0.3 is 10.6 Å². The van der Waals surface area contributed by atoms with E-state index in [0.717, 1.165) is 18.7 Å². The van der Waals surface area contributed by atoms with E-state index in [9.17, 15) is 0 Å². The Bertz CT molecular complexity index is 449. The Morgan fingerprint density at radius 3 is 2.82 bits per heavy atom. The second kappa shape index (κ2) is 7.46. The van der Waals surface area contributed by atoms with Gasteiger partial charge in [-0.3, -0.25) is 0 Å². The fourth-order valence-corrected chi connectivity index (χ4v) is 1.54. The van der Waals surface area contributed by atoms with Crippen molar-refractivity contribution in [1.29, 1.82) is 5.26 Å². The van der Waals surface area contributed by atoms with Crippen LogP contribution in [0.2, 0.25) is 0 Å². The van der Waals surface area contributed by atoms with Crippen molar-refractivity contribution in [2.24, 2.45) is 5.73 Å². The van der Waals surface area contributed by atoms with E-state index in [1.165, 1.54) is 5.56 Å². The minimum absolute atomic E-state index is 0.374. The molecule has 3 heteroatoms. The SMILES string of the molecule is CN(CCC#N)Cc1ccccc1C#CCN. The van der Waals surface area contributed by atoms with E-state index < -0.39 is 0 Å². The molecule has 0 radical (unpaired) electrons. The Balaban J connectivity index is 2.73. The summed E-state index contributed by atoms with van der Waals surface area (Å²) in [5.41, 5.74) is 7.56. The molecule has 0 fully saturated rings. The lowest BCUT2D eigenvalue weighted by Crippen LogP contribution is -2.19. The molecule has 1 aromatic rings. The van der Waals surface area contributed by atoms with E-state index in [-0.39, 0.29) is 0 Å². The van der Waals surface area contributed by atoms with Gasteiger partial charge in [0.05, 0.1) is 12.6 Å². The fourth-order valence-electron chi connectivity index (χ4n) is 1.54. The van der Waals surface area contributed by atoms with Crippen LogP contribution in [0, 0.1) is 23.2 Å². The third kappa shape index (κ3) is 4.70. The second-order valence-electron chi connectivity index (χ2n) is 3.81. The number of rotatable bonds is 4. The van der Waals surface area contributed by atoms with Gasteiger partial charge in [0.25, 0.3) is 0 Å². The largest absolute Gasteiger partial charge is 0.320 e. The molecule has 0 bridgehead atoms. The highest BCUT2D eigenvalue weighted by Crippen LogP contribution is 2.09. The fraction of sp³-hybridized carbons (Fsp3) is 0.357. The van der Waals surface area contributed by atoms with Gasteiger partial charge in [-0.05, 0) is 18.7 Å². The number of benzene rings is 1. The van der Waals surface area contributed by atoms with Crippen molar-refractivity contribution in [3.05, 3.63) is 35.4 Å². The zero-order chi connectivity index (χ0) is 12.5. The quantitative estimate of drug-likeness (QED) is 0.790. The molecule has 0 aromatic heterocycles. The molecule has 0 aliphatic rings. The van der Waals surface area contributed by atoms with Gasteiger partial charge in [-0.1, -0.05) is 30.0 Å². The maximum atomic E-state index is 8.54. The molecule has 2 N–H and O–H groups in total. The summed E-state index contributed by atoms with van der Waals surface area (Å²) < 4.78 is 0. The van der Waals surface area contributed by atoms with Crippen LogP contribution < -0.4 is 5.73 Å². The molecule has 3 nitrogen and oxygen atoms in total. The molecular formula is C14H17N3. The summed E-state index contributed by atoms with van der Waals surface area (Å²) in [5, 5.41) is 8.54. The van der Waals surface area contributed by atoms with Crippen molar-refractivity contribution in [2.75, 3.05) is 20.1 Å². The van der Waals surface area contributed by atoms with E-state index >= 15 is 0 Å². The molecule has 1 rings (SSSR count). The number of hydrogen-bond acceptors (Lipinski definition) is 3. The normalized spacial score (nSPS) is 9.53. The topological polar surface area (TPSA) is 53.0 Å². The minimum Gasteiger partial charge on any atom is -0.320 e. The summed E-state index contributed by atoms with van der Waals surface area (Å²) in [6.45, 7) is 1.95. The Hall–Kier alpha value is -1.81. The van der Waals surface area contributed by atoms with E-state index in [1.807, 2.05) is 25.2 Å². The Morgan fingerprint density at radius 2 is 2.12 bits per heavy atom. The lowest BCUT2D eigenvalue weighted by molar-refractivity contribution is 0.334. The van der Waals surface area contributed by atoms with E-state index in [4.69, 9.17) is 11.0 Å². The maximum Gasteiger partial charge on any atom is 0.0635 e. The number of nitrogens with two attached hydrogens (primary N) is 1. The molecule has 1 aromatic carbocycles. The molecule has 0 saturated heterocycles. The molecule has 0 saturated carbocycles. The summed E-state index contributed by atoms with van der Waals surface area (Å²) in [6, 6.07) is 10.2. The van der Waals surface area contributed by atoms with Gasteiger partial charge in [-0.15, -0.1) is 0 Å². The van der Waals surface area contributed by atoms with Gasteiger partial charge in [0.15, 0.2) is 0 Å². The lowest BCUT2D eigenvalue weighted by atomic mass is 10.1. The molecule has 0 amide bonds. The van der Waals surface area contributed by atoms with Crippen LogP contribution in [0.1, 0.15) is 17.5 Å². The highest BCUT2D eigenvalue weighted by molar-refractivity contribution is 5.41. The van der Waals surface area contributed by atoms with Crippen LogP contribution >= 0.6 is 0 Å². The molecule has 0 heterocycles. The number of hydrogen-bond donors (Lipinski definition) is 1.